The van der Waals surface area contributed by atoms with Crippen molar-refractivity contribution in [2.45, 2.75) is 12.3 Å². The Hall–Kier alpha value is 0.390. The van der Waals surface area contributed by atoms with E-state index < -0.39 is 0 Å². The van der Waals surface area contributed by atoms with Crippen LogP contribution in [-0.2, 0) is 0 Å². The van der Waals surface area contributed by atoms with E-state index in [0.29, 0.717) is 10.6 Å². The van der Waals surface area contributed by atoms with Crippen molar-refractivity contribution in [3.05, 3.63) is 53.3 Å². The van der Waals surface area contributed by atoms with Gasteiger partial charge in [-0.1, -0.05) is 11.6 Å². The Morgan fingerprint density at radius 3 is 2.50 bits per heavy atom. The number of aryl methyl sites for hydroxylation is 1. The van der Waals surface area contributed by atoms with Crippen LogP contribution in [0.4, 0.5) is 4.39 Å². The normalized spacial score (nSPS) is 12.8. The standard InChI is InChI=1S/C12H7Br2Cl2FS/c1-5-2-6(8(15)4-9(5)17)11(16)10-3-7(13)12(14)18-10/h2-4,11H,1H3. The molecule has 0 amide bonds. The van der Waals surface area contributed by atoms with Gasteiger partial charge >= 0.3 is 0 Å². The molecule has 0 saturated heterocycles. The van der Waals surface area contributed by atoms with E-state index in [2.05, 4.69) is 31.9 Å². The molecule has 0 radical (unpaired) electrons. The zero-order valence-electron chi connectivity index (χ0n) is 9.11. The molecule has 0 spiro atoms. The van der Waals surface area contributed by atoms with Gasteiger partial charge in [0.15, 0.2) is 0 Å². The highest BCUT2D eigenvalue weighted by atomic mass is 79.9. The van der Waals surface area contributed by atoms with Crippen LogP contribution in [0.5, 0.6) is 0 Å². The number of hydrogen-bond donors (Lipinski definition) is 0. The number of thiophene rings is 1. The fourth-order valence-electron chi connectivity index (χ4n) is 1.52. The predicted molar refractivity (Wildman–Crippen MR) is 83.6 cm³/mol. The SMILES string of the molecule is Cc1cc(C(Cl)c2cc(Br)c(Br)s2)c(Cl)cc1F. The molecule has 0 bridgehead atoms. The summed E-state index contributed by atoms with van der Waals surface area (Å²) in [6.45, 7) is 1.69. The lowest BCUT2D eigenvalue weighted by Gasteiger charge is -2.11. The molecule has 0 N–H and O–H groups in total. The van der Waals surface area contributed by atoms with E-state index in [9.17, 15) is 4.39 Å². The van der Waals surface area contributed by atoms with Crippen molar-refractivity contribution in [1.82, 2.24) is 0 Å². The molecule has 0 fully saturated rings. The van der Waals surface area contributed by atoms with Gasteiger partial charge in [-0.2, -0.15) is 0 Å². The van der Waals surface area contributed by atoms with Gasteiger partial charge in [-0.25, -0.2) is 4.39 Å². The lowest BCUT2D eigenvalue weighted by atomic mass is 10.1. The molecule has 18 heavy (non-hydrogen) atoms. The van der Waals surface area contributed by atoms with Crippen molar-refractivity contribution < 1.29 is 4.39 Å². The summed E-state index contributed by atoms with van der Waals surface area (Å²) in [7, 11) is 0. The van der Waals surface area contributed by atoms with Crippen LogP contribution in [0, 0.1) is 12.7 Å². The van der Waals surface area contributed by atoms with Crippen molar-refractivity contribution >= 4 is 66.4 Å². The molecule has 0 aliphatic rings. The molecule has 1 unspecified atom stereocenters. The lowest BCUT2D eigenvalue weighted by molar-refractivity contribution is 0.618. The molecule has 96 valence electrons. The molecule has 1 aromatic carbocycles. The van der Waals surface area contributed by atoms with Crippen LogP contribution >= 0.6 is 66.4 Å². The fraction of sp³-hybridized carbons (Fsp3) is 0.167. The zero-order chi connectivity index (χ0) is 13.4. The molecule has 0 nitrogen and oxygen atoms in total. The first-order valence-electron chi connectivity index (χ1n) is 4.94. The monoisotopic (exact) mass is 430 g/mol. The minimum Gasteiger partial charge on any atom is -0.207 e. The van der Waals surface area contributed by atoms with E-state index >= 15 is 0 Å². The Morgan fingerprint density at radius 1 is 1.28 bits per heavy atom. The summed E-state index contributed by atoms with van der Waals surface area (Å²) >= 11 is 20.8. The minimum absolute atomic E-state index is 0.318. The highest BCUT2D eigenvalue weighted by molar-refractivity contribution is 9.13. The van der Waals surface area contributed by atoms with Gasteiger partial charge in [-0.15, -0.1) is 22.9 Å². The van der Waals surface area contributed by atoms with Crippen molar-refractivity contribution in [2.75, 3.05) is 0 Å². The highest BCUT2D eigenvalue weighted by Gasteiger charge is 2.19. The predicted octanol–water partition coefficient (Wildman–Crippen LogP) is 6.70. The van der Waals surface area contributed by atoms with Gasteiger partial charge in [0.1, 0.15) is 5.82 Å². The van der Waals surface area contributed by atoms with Gasteiger partial charge in [0.2, 0.25) is 0 Å². The molecular weight excluding hydrogens is 426 g/mol. The van der Waals surface area contributed by atoms with E-state index in [4.69, 9.17) is 23.2 Å². The Labute approximate surface area is 135 Å². The topological polar surface area (TPSA) is 0 Å². The number of rotatable bonds is 2. The van der Waals surface area contributed by atoms with Crippen LogP contribution in [0.2, 0.25) is 5.02 Å². The Kier molecular flexibility index (Phi) is 4.76. The summed E-state index contributed by atoms with van der Waals surface area (Å²) in [5.74, 6) is -0.318. The van der Waals surface area contributed by atoms with Crippen LogP contribution in [0.25, 0.3) is 0 Å². The number of benzene rings is 1. The van der Waals surface area contributed by atoms with E-state index in [-0.39, 0.29) is 11.2 Å². The molecular formula is C12H7Br2Cl2FS. The van der Waals surface area contributed by atoms with Crippen molar-refractivity contribution in [3.8, 4) is 0 Å². The summed E-state index contributed by atoms with van der Waals surface area (Å²) in [5, 5.41) is -0.0388. The minimum atomic E-state index is -0.385. The third kappa shape index (κ3) is 2.93. The maximum atomic E-state index is 13.4. The maximum Gasteiger partial charge on any atom is 0.127 e. The van der Waals surface area contributed by atoms with Crippen molar-refractivity contribution in [1.29, 1.82) is 0 Å². The molecule has 1 atom stereocenters. The molecule has 6 heteroatoms. The highest BCUT2D eigenvalue weighted by Crippen LogP contribution is 2.42. The fourth-order valence-corrected chi connectivity index (χ4v) is 4.29. The largest absolute Gasteiger partial charge is 0.207 e. The lowest BCUT2D eigenvalue weighted by Crippen LogP contribution is -1.95. The first kappa shape index (κ1) is 14.8. The second-order valence-electron chi connectivity index (χ2n) is 3.76. The Bertz CT molecular complexity index is 579. The van der Waals surface area contributed by atoms with E-state index in [1.54, 1.807) is 13.0 Å². The summed E-state index contributed by atoms with van der Waals surface area (Å²) in [4.78, 5) is 0.948. The summed E-state index contributed by atoms with van der Waals surface area (Å²) in [6.07, 6.45) is 0. The van der Waals surface area contributed by atoms with Gasteiger partial charge in [0, 0.05) is 14.4 Å². The van der Waals surface area contributed by atoms with Crippen LogP contribution in [0.3, 0.4) is 0 Å². The second-order valence-corrected chi connectivity index (χ2v) is 7.86. The quantitative estimate of drug-likeness (QED) is 0.463. The summed E-state index contributed by atoms with van der Waals surface area (Å²) in [6, 6.07) is 4.93. The maximum absolute atomic E-state index is 13.4. The Morgan fingerprint density at radius 2 is 1.94 bits per heavy atom. The zero-order valence-corrected chi connectivity index (χ0v) is 14.6. The second kappa shape index (κ2) is 5.80. The summed E-state index contributed by atoms with van der Waals surface area (Å²) < 4.78 is 15.3. The van der Waals surface area contributed by atoms with Gasteiger partial charge in [0.25, 0.3) is 0 Å². The molecule has 1 heterocycles. The first-order valence-corrected chi connectivity index (χ1v) is 8.16. The van der Waals surface area contributed by atoms with Crippen LogP contribution in [0.15, 0.2) is 26.5 Å². The Balaban J connectivity index is 2.45. The molecule has 2 aromatic rings. The van der Waals surface area contributed by atoms with Crippen LogP contribution < -0.4 is 0 Å². The third-order valence-corrected chi connectivity index (χ3v) is 6.71. The summed E-state index contributed by atoms with van der Waals surface area (Å²) in [5.41, 5.74) is 1.26. The van der Waals surface area contributed by atoms with Crippen LogP contribution in [-0.4, -0.2) is 0 Å². The van der Waals surface area contributed by atoms with Gasteiger partial charge in [-0.05, 0) is 68.1 Å². The van der Waals surface area contributed by atoms with Crippen molar-refractivity contribution in [3.63, 3.8) is 0 Å². The van der Waals surface area contributed by atoms with Crippen molar-refractivity contribution in [2.24, 2.45) is 0 Å². The molecule has 0 aliphatic heterocycles. The first-order chi connectivity index (χ1) is 8.40. The van der Waals surface area contributed by atoms with Gasteiger partial charge in [-0.3, -0.25) is 0 Å². The van der Waals surface area contributed by atoms with E-state index in [1.165, 1.54) is 17.4 Å². The number of hydrogen-bond acceptors (Lipinski definition) is 1. The van der Waals surface area contributed by atoms with Gasteiger partial charge in [0.05, 0.1) is 9.16 Å². The van der Waals surface area contributed by atoms with Gasteiger partial charge < -0.3 is 0 Å². The number of alkyl halides is 1. The van der Waals surface area contributed by atoms with E-state index in [1.807, 2.05) is 6.07 Å². The molecule has 0 saturated carbocycles. The average molecular weight is 433 g/mol. The average Bonchev–Trinajstić information content (AvgIpc) is 2.63. The smallest absolute Gasteiger partial charge is 0.127 e. The van der Waals surface area contributed by atoms with E-state index in [0.717, 1.165) is 18.7 Å². The molecule has 0 aliphatic carbocycles. The van der Waals surface area contributed by atoms with Crippen LogP contribution in [0.1, 0.15) is 21.4 Å². The molecule has 1 aromatic heterocycles. The third-order valence-electron chi connectivity index (χ3n) is 2.47. The number of halogens is 5. The molecule has 2 rings (SSSR count).